The van der Waals surface area contributed by atoms with Crippen molar-refractivity contribution in [3.05, 3.63) is 54.6 Å². The van der Waals surface area contributed by atoms with Crippen molar-refractivity contribution >= 4 is 17.6 Å². The summed E-state index contributed by atoms with van der Waals surface area (Å²) in [7, 11) is 1.64. The molecule has 3 rings (SSSR count). The van der Waals surface area contributed by atoms with Crippen LogP contribution in [0.2, 0.25) is 0 Å². The number of nitrogens with zero attached hydrogens (tertiary/aromatic N) is 2. The first-order valence-corrected chi connectivity index (χ1v) is 9.46. The van der Waals surface area contributed by atoms with E-state index in [1.807, 2.05) is 54.6 Å². The third-order valence-electron chi connectivity index (χ3n) is 4.65. The van der Waals surface area contributed by atoms with Crippen LogP contribution < -0.4 is 15.4 Å². The zero-order valence-electron chi connectivity index (χ0n) is 16.1. The van der Waals surface area contributed by atoms with Crippen LogP contribution in [0, 0.1) is 0 Å². The molecule has 1 aliphatic heterocycles. The number of amides is 3. The lowest BCUT2D eigenvalue weighted by atomic mass is 10.2. The summed E-state index contributed by atoms with van der Waals surface area (Å²) >= 11 is 0. The van der Waals surface area contributed by atoms with E-state index in [-0.39, 0.29) is 11.9 Å². The maximum atomic E-state index is 12.2. The van der Waals surface area contributed by atoms with Crippen LogP contribution in [0.3, 0.4) is 0 Å². The van der Waals surface area contributed by atoms with Gasteiger partial charge in [0.05, 0.1) is 0 Å². The molecule has 0 atom stereocenters. The van der Waals surface area contributed by atoms with Gasteiger partial charge < -0.3 is 20.3 Å². The van der Waals surface area contributed by atoms with Gasteiger partial charge in [-0.3, -0.25) is 9.69 Å². The minimum Gasteiger partial charge on any atom is -0.457 e. The molecule has 0 aliphatic carbocycles. The van der Waals surface area contributed by atoms with Gasteiger partial charge in [0.1, 0.15) is 11.5 Å². The fraction of sp³-hybridized carbons (Fsp3) is 0.333. The number of benzene rings is 2. The SMILES string of the molecule is CNC(=O)N1CCN(CCC(=O)Nc2ccc(Oc3ccccc3)cc2)CC1. The first-order chi connectivity index (χ1) is 13.6. The molecule has 2 aromatic carbocycles. The minimum atomic E-state index is -0.0444. The summed E-state index contributed by atoms with van der Waals surface area (Å²) in [6.45, 7) is 3.62. The Morgan fingerprint density at radius 3 is 2.21 bits per heavy atom. The fourth-order valence-electron chi connectivity index (χ4n) is 3.05. The molecule has 0 bridgehead atoms. The molecule has 7 heteroatoms. The standard InChI is InChI=1S/C21H26N4O3/c1-22-21(27)25-15-13-24(14-16-25)12-11-20(26)23-17-7-9-19(10-8-17)28-18-5-3-2-4-6-18/h2-10H,11-16H2,1H3,(H,22,27)(H,23,26). The lowest BCUT2D eigenvalue weighted by Crippen LogP contribution is -2.51. The molecule has 0 spiro atoms. The number of ether oxygens (including phenoxy) is 1. The second kappa shape index (κ2) is 9.75. The van der Waals surface area contributed by atoms with Gasteiger partial charge in [0.15, 0.2) is 0 Å². The van der Waals surface area contributed by atoms with E-state index >= 15 is 0 Å². The number of para-hydroxylation sites is 1. The van der Waals surface area contributed by atoms with E-state index in [9.17, 15) is 9.59 Å². The number of carbonyl (C=O) groups is 2. The first kappa shape index (κ1) is 19.7. The Morgan fingerprint density at radius 2 is 1.57 bits per heavy atom. The molecule has 1 fully saturated rings. The predicted molar refractivity (Wildman–Crippen MR) is 109 cm³/mol. The van der Waals surface area contributed by atoms with Gasteiger partial charge >= 0.3 is 6.03 Å². The van der Waals surface area contributed by atoms with Crippen molar-refractivity contribution < 1.29 is 14.3 Å². The van der Waals surface area contributed by atoms with Gasteiger partial charge in [-0.2, -0.15) is 0 Å². The maximum Gasteiger partial charge on any atom is 0.317 e. The summed E-state index contributed by atoms with van der Waals surface area (Å²) < 4.78 is 5.75. The predicted octanol–water partition coefficient (Wildman–Crippen LogP) is 2.76. The molecule has 1 heterocycles. The van der Waals surface area contributed by atoms with Crippen LogP contribution in [0.15, 0.2) is 54.6 Å². The molecule has 1 aliphatic rings. The molecular weight excluding hydrogens is 356 g/mol. The van der Waals surface area contributed by atoms with Crippen LogP contribution in [0.1, 0.15) is 6.42 Å². The van der Waals surface area contributed by atoms with Crippen molar-refractivity contribution in [2.75, 3.05) is 45.1 Å². The van der Waals surface area contributed by atoms with Crippen molar-refractivity contribution in [1.82, 2.24) is 15.1 Å². The van der Waals surface area contributed by atoms with Gasteiger partial charge in [0.2, 0.25) is 5.91 Å². The molecule has 148 valence electrons. The van der Waals surface area contributed by atoms with Gasteiger partial charge in [-0.05, 0) is 36.4 Å². The summed E-state index contributed by atoms with van der Waals surface area (Å²) in [5.41, 5.74) is 0.745. The second-order valence-electron chi connectivity index (χ2n) is 6.62. The number of hydrogen-bond donors (Lipinski definition) is 2. The number of hydrogen-bond acceptors (Lipinski definition) is 4. The van der Waals surface area contributed by atoms with E-state index in [2.05, 4.69) is 15.5 Å². The summed E-state index contributed by atoms with van der Waals surface area (Å²) in [5.74, 6) is 1.47. The average Bonchev–Trinajstić information content (AvgIpc) is 2.74. The molecule has 0 saturated carbocycles. The summed E-state index contributed by atoms with van der Waals surface area (Å²) in [6, 6.07) is 16.8. The van der Waals surface area contributed by atoms with Crippen LogP contribution in [0.5, 0.6) is 11.5 Å². The lowest BCUT2D eigenvalue weighted by molar-refractivity contribution is -0.116. The third-order valence-corrected chi connectivity index (χ3v) is 4.65. The molecule has 2 N–H and O–H groups in total. The Labute approximate surface area is 165 Å². The molecule has 2 aromatic rings. The Morgan fingerprint density at radius 1 is 0.929 bits per heavy atom. The van der Waals surface area contributed by atoms with Gasteiger partial charge in [-0.25, -0.2) is 4.79 Å². The lowest BCUT2D eigenvalue weighted by Gasteiger charge is -2.34. The van der Waals surface area contributed by atoms with Crippen LogP contribution in [-0.4, -0.2) is 61.5 Å². The molecule has 0 unspecified atom stereocenters. The number of carbonyl (C=O) groups excluding carboxylic acids is 2. The van der Waals surface area contributed by atoms with Crippen molar-refractivity contribution in [3.63, 3.8) is 0 Å². The highest BCUT2D eigenvalue weighted by molar-refractivity contribution is 5.90. The van der Waals surface area contributed by atoms with E-state index < -0.39 is 0 Å². The van der Waals surface area contributed by atoms with E-state index in [1.165, 1.54) is 0 Å². The number of nitrogens with one attached hydrogen (secondary N) is 2. The van der Waals surface area contributed by atoms with Crippen molar-refractivity contribution in [3.8, 4) is 11.5 Å². The minimum absolute atomic E-state index is 0.0227. The second-order valence-corrected chi connectivity index (χ2v) is 6.62. The van der Waals surface area contributed by atoms with Crippen LogP contribution in [0.4, 0.5) is 10.5 Å². The molecule has 0 radical (unpaired) electrons. The molecule has 7 nitrogen and oxygen atoms in total. The van der Waals surface area contributed by atoms with Crippen molar-refractivity contribution in [1.29, 1.82) is 0 Å². The monoisotopic (exact) mass is 382 g/mol. The van der Waals surface area contributed by atoms with E-state index in [0.29, 0.717) is 26.1 Å². The zero-order chi connectivity index (χ0) is 19.8. The largest absolute Gasteiger partial charge is 0.457 e. The fourth-order valence-corrected chi connectivity index (χ4v) is 3.05. The molecule has 1 saturated heterocycles. The summed E-state index contributed by atoms with van der Waals surface area (Å²) in [4.78, 5) is 27.8. The molecule has 3 amide bonds. The third kappa shape index (κ3) is 5.72. The number of piperazine rings is 1. The molecule has 0 aromatic heterocycles. The van der Waals surface area contributed by atoms with Gasteiger partial charge in [0.25, 0.3) is 0 Å². The number of urea groups is 1. The van der Waals surface area contributed by atoms with Gasteiger partial charge in [-0.1, -0.05) is 18.2 Å². The first-order valence-electron chi connectivity index (χ1n) is 9.46. The quantitative estimate of drug-likeness (QED) is 0.806. The van der Waals surface area contributed by atoms with Crippen LogP contribution in [-0.2, 0) is 4.79 Å². The van der Waals surface area contributed by atoms with Crippen LogP contribution >= 0.6 is 0 Å². The van der Waals surface area contributed by atoms with E-state index in [4.69, 9.17) is 4.74 Å². The molecule has 28 heavy (non-hydrogen) atoms. The number of anilines is 1. The smallest absolute Gasteiger partial charge is 0.317 e. The highest BCUT2D eigenvalue weighted by Crippen LogP contribution is 2.22. The maximum absolute atomic E-state index is 12.2. The zero-order valence-corrected chi connectivity index (χ0v) is 16.1. The summed E-state index contributed by atoms with van der Waals surface area (Å²) in [5, 5.41) is 5.55. The topological polar surface area (TPSA) is 73.9 Å². The Balaban J connectivity index is 1.40. The van der Waals surface area contributed by atoms with Crippen molar-refractivity contribution in [2.24, 2.45) is 0 Å². The van der Waals surface area contributed by atoms with E-state index in [0.717, 1.165) is 30.3 Å². The Kier molecular flexibility index (Phi) is 6.86. The summed E-state index contributed by atoms with van der Waals surface area (Å²) in [6.07, 6.45) is 0.419. The van der Waals surface area contributed by atoms with Crippen LogP contribution in [0.25, 0.3) is 0 Å². The van der Waals surface area contributed by atoms with Gasteiger partial charge in [0, 0.05) is 51.9 Å². The average molecular weight is 382 g/mol. The molecular formula is C21H26N4O3. The van der Waals surface area contributed by atoms with Crippen molar-refractivity contribution in [2.45, 2.75) is 6.42 Å². The normalized spacial score (nSPS) is 14.4. The Hall–Kier alpha value is -3.06. The van der Waals surface area contributed by atoms with E-state index in [1.54, 1.807) is 11.9 Å². The number of rotatable bonds is 6. The highest BCUT2D eigenvalue weighted by atomic mass is 16.5. The highest BCUT2D eigenvalue weighted by Gasteiger charge is 2.20. The Bertz CT molecular complexity index is 772. The van der Waals surface area contributed by atoms with Gasteiger partial charge in [-0.15, -0.1) is 0 Å².